The van der Waals surface area contributed by atoms with Crippen LogP contribution in [0.2, 0.25) is 0 Å². The average Bonchev–Trinajstić information content (AvgIpc) is 3.09. The average molecular weight is 383 g/mol. The highest BCUT2D eigenvalue weighted by Gasteiger charge is 2.20. The van der Waals surface area contributed by atoms with E-state index in [9.17, 15) is 4.79 Å². The van der Waals surface area contributed by atoms with Crippen molar-refractivity contribution >= 4 is 23.4 Å². The van der Waals surface area contributed by atoms with Gasteiger partial charge in [-0.05, 0) is 47.5 Å². The van der Waals surface area contributed by atoms with Crippen LogP contribution >= 0.6 is 11.8 Å². The Morgan fingerprint density at radius 1 is 1.26 bits per heavy atom. The van der Waals surface area contributed by atoms with Crippen molar-refractivity contribution < 1.29 is 9.53 Å². The van der Waals surface area contributed by atoms with Crippen molar-refractivity contribution in [3.8, 4) is 5.75 Å². The van der Waals surface area contributed by atoms with Gasteiger partial charge >= 0.3 is 0 Å². The number of aryl methyl sites for hydroxylation is 1. The lowest BCUT2D eigenvalue weighted by molar-refractivity contribution is -0.115. The number of hydrogen-bond acceptors (Lipinski definition) is 6. The Hall–Kier alpha value is -2.87. The molecule has 0 radical (unpaired) electrons. The smallest absolute Gasteiger partial charge is 0.237 e. The zero-order valence-corrected chi connectivity index (χ0v) is 16.2. The summed E-state index contributed by atoms with van der Waals surface area (Å²) in [6.45, 7) is 4.34. The number of carbonyl (C=O) groups is 1. The number of rotatable bonds is 7. The van der Waals surface area contributed by atoms with Crippen molar-refractivity contribution in [1.29, 1.82) is 0 Å². The van der Waals surface area contributed by atoms with E-state index in [0.717, 1.165) is 11.1 Å². The fraction of sp³-hybridized carbons (Fsp3) is 0.263. The summed E-state index contributed by atoms with van der Waals surface area (Å²) in [6.07, 6.45) is 0. The maximum atomic E-state index is 12.6. The summed E-state index contributed by atoms with van der Waals surface area (Å²) in [5.41, 5.74) is 2.78. The molecule has 1 aromatic heterocycles. The van der Waals surface area contributed by atoms with E-state index in [0.29, 0.717) is 23.1 Å². The highest BCUT2D eigenvalue weighted by molar-refractivity contribution is 8.00. The Morgan fingerprint density at radius 2 is 2.04 bits per heavy atom. The molecule has 27 heavy (non-hydrogen) atoms. The van der Waals surface area contributed by atoms with Gasteiger partial charge in [0.2, 0.25) is 11.1 Å². The molecule has 0 spiro atoms. The van der Waals surface area contributed by atoms with Crippen molar-refractivity contribution in [2.45, 2.75) is 30.8 Å². The second kappa shape index (κ2) is 8.68. The maximum Gasteiger partial charge on any atom is 0.237 e. The Labute approximate surface area is 162 Å². The predicted octanol–water partition coefficient (Wildman–Crippen LogP) is 3.16. The molecule has 1 atom stereocenters. The number of amides is 1. The highest BCUT2D eigenvalue weighted by Crippen LogP contribution is 2.27. The van der Waals surface area contributed by atoms with Gasteiger partial charge in [0.25, 0.3) is 0 Å². The van der Waals surface area contributed by atoms with Crippen LogP contribution in [0.25, 0.3) is 0 Å². The van der Waals surface area contributed by atoms with Gasteiger partial charge in [0, 0.05) is 0 Å². The molecule has 2 aromatic carbocycles. The van der Waals surface area contributed by atoms with Gasteiger partial charge in [-0.25, -0.2) is 4.68 Å². The molecule has 1 N–H and O–H groups in total. The van der Waals surface area contributed by atoms with Crippen molar-refractivity contribution in [3.05, 3.63) is 59.7 Å². The molecule has 1 amide bonds. The minimum absolute atomic E-state index is 0.141. The number of carbonyl (C=O) groups excluding carboxylic acids is 1. The molecule has 3 aromatic rings. The third kappa shape index (κ3) is 4.85. The van der Waals surface area contributed by atoms with Crippen LogP contribution in [0.4, 0.5) is 5.69 Å². The number of thioether (sulfide) groups is 1. The molecule has 3 rings (SSSR count). The first kappa shape index (κ1) is 18.9. The third-order valence-electron chi connectivity index (χ3n) is 3.94. The molecule has 0 aliphatic rings. The number of aromatic nitrogens is 4. The molecule has 140 valence electrons. The quantitative estimate of drug-likeness (QED) is 0.631. The molecule has 0 saturated carbocycles. The summed E-state index contributed by atoms with van der Waals surface area (Å²) in [5, 5.41) is 15.0. The molecule has 0 aliphatic carbocycles. The Kier molecular flexibility index (Phi) is 6.08. The van der Waals surface area contributed by atoms with Gasteiger partial charge in [0.1, 0.15) is 5.75 Å². The van der Waals surface area contributed by atoms with E-state index in [2.05, 4.69) is 20.8 Å². The normalized spacial score (nSPS) is 11.8. The fourth-order valence-corrected chi connectivity index (χ4v) is 3.29. The van der Waals surface area contributed by atoms with Crippen molar-refractivity contribution in [3.63, 3.8) is 0 Å². The molecule has 1 unspecified atom stereocenters. The molecular formula is C19H21N5O2S. The van der Waals surface area contributed by atoms with Crippen LogP contribution in [-0.2, 0) is 11.3 Å². The van der Waals surface area contributed by atoms with Crippen LogP contribution in [0, 0.1) is 6.92 Å². The maximum absolute atomic E-state index is 12.6. The number of methoxy groups -OCH3 is 1. The second-order valence-corrected chi connectivity index (χ2v) is 7.37. The van der Waals surface area contributed by atoms with Gasteiger partial charge in [-0.2, -0.15) is 0 Å². The predicted molar refractivity (Wildman–Crippen MR) is 105 cm³/mol. The van der Waals surface area contributed by atoms with Gasteiger partial charge in [-0.1, -0.05) is 48.2 Å². The molecule has 8 heteroatoms. The largest absolute Gasteiger partial charge is 0.495 e. The van der Waals surface area contributed by atoms with Crippen LogP contribution in [0.15, 0.2) is 53.7 Å². The van der Waals surface area contributed by atoms with Gasteiger partial charge in [-0.3, -0.25) is 4.79 Å². The molecular weight excluding hydrogens is 362 g/mol. The number of ether oxygens (including phenoxy) is 1. The minimum atomic E-state index is -0.379. The van der Waals surface area contributed by atoms with Crippen LogP contribution < -0.4 is 10.1 Å². The summed E-state index contributed by atoms with van der Waals surface area (Å²) >= 11 is 1.32. The minimum Gasteiger partial charge on any atom is -0.495 e. The molecule has 0 bridgehead atoms. The highest BCUT2D eigenvalue weighted by atomic mass is 32.2. The van der Waals surface area contributed by atoms with Crippen molar-refractivity contribution in [1.82, 2.24) is 20.2 Å². The Morgan fingerprint density at radius 3 is 2.78 bits per heavy atom. The van der Waals surface area contributed by atoms with Gasteiger partial charge in [-0.15, -0.1) is 5.10 Å². The number of anilines is 1. The first-order chi connectivity index (χ1) is 13.1. The van der Waals surface area contributed by atoms with Gasteiger partial charge in [0.05, 0.1) is 24.6 Å². The number of nitrogens with zero attached hydrogens (tertiary/aromatic N) is 4. The summed E-state index contributed by atoms with van der Waals surface area (Å²) in [4.78, 5) is 12.6. The molecule has 0 fully saturated rings. The van der Waals surface area contributed by atoms with E-state index in [1.807, 2.05) is 62.4 Å². The zero-order chi connectivity index (χ0) is 19.2. The lowest BCUT2D eigenvalue weighted by atomic mass is 10.2. The van der Waals surface area contributed by atoms with E-state index in [1.54, 1.807) is 11.8 Å². The molecule has 0 saturated heterocycles. The first-order valence-corrected chi connectivity index (χ1v) is 9.37. The van der Waals surface area contributed by atoms with E-state index < -0.39 is 0 Å². The number of tetrazole rings is 1. The van der Waals surface area contributed by atoms with Crippen LogP contribution in [0.3, 0.4) is 0 Å². The summed E-state index contributed by atoms with van der Waals surface area (Å²) < 4.78 is 7.01. The third-order valence-corrected chi connectivity index (χ3v) is 5.01. The lowest BCUT2D eigenvalue weighted by Crippen LogP contribution is -2.23. The van der Waals surface area contributed by atoms with Gasteiger partial charge < -0.3 is 10.1 Å². The summed E-state index contributed by atoms with van der Waals surface area (Å²) in [7, 11) is 1.58. The number of benzene rings is 2. The number of nitrogens with one attached hydrogen (secondary N) is 1. The molecule has 1 heterocycles. The van der Waals surface area contributed by atoms with E-state index in [4.69, 9.17) is 4.74 Å². The molecule has 7 nitrogen and oxygen atoms in total. The Bertz CT molecular complexity index is 913. The van der Waals surface area contributed by atoms with Gasteiger partial charge in [0.15, 0.2) is 0 Å². The zero-order valence-electron chi connectivity index (χ0n) is 15.4. The van der Waals surface area contributed by atoms with E-state index in [1.165, 1.54) is 11.8 Å². The topological polar surface area (TPSA) is 81.9 Å². The summed E-state index contributed by atoms with van der Waals surface area (Å²) in [6, 6.07) is 15.6. The molecule has 0 aliphatic heterocycles. The SMILES string of the molecule is COc1ccc(C)cc1NC(=O)C(C)Sc1nnnn1Cc1ccccc1. The number of hydrogen-bond donors (Lipinski definition) is 1. The summed E-state index contributed by atoms with van der Waals surface area (Å²) in [5.74, 6) is 0.484. The van der Waals surface area contributed by atoms with Crippen molar-refractivity contribution in [2.24, 2.45) is 0 Å². The van der Waals surface area contributed by atoms with E-state index in [-0.39, 0.29) is 11.2 Å². The van der Waals surface area contributed by atoms with Crippen LogP contribution in [0.1, 0.15) is 18.1 Å². The fourth-order valence-electron chi connectivity index (χ4n) is 2.50. The van der Waals surface area contributed by atoms with E-state index >= 15 is 0 Å². The van der Waals surface area contributed by atoms with Crippen LogP contribution in [-0.4, -0.2) is 38.5 Å². The second-order valence-electron chi connectivity index (χ2n) is 6.06. The van der Waals surface area contributed by atoms with Crippen molar-refractivity contribution in [2.75, 3.05) is 12.4 Å². The van der Waals surface area contributed by atoms with Crippen LogP contribution in [0.5, 0.6) is 5.75 Å². The lowest BCUT2D eigenvalue weighted by Gasteiger charge is -2.14. The monoisotopic (exact) mass is 383 g/mol. The first-order valence-electron chi connectivity index (χ1n) is 8.49. The Balaban J connectivity index is 1.67. The standard InChI is InChI=1S/C19H21N5O2S/c1-13-9-10-17(26-3)16(11-13)20-18(25)14(2)27-19-21-22-23-24(19)12-15-7-5-4-6-8-15/h4-11,14H,12H2,1-3H3,(H,20,25).